The number of aromatic amines is 1. The van der Waals surface area contributed by atoms with Crippen molar-refractivity contribution in [1.82, 2.24) is 15.2 Å². The fourth-order valence-corrected chi connectivity index (χ4v) is 4.48. The second-order valence-electron chi connectivity index (χ2n) is 7.42. The lowest BCUT2D eigenvalue weighted by Crippen LogP contribution is -2.50. The van der Waals surface area contributed by atoms with Gasteiger partial charge < -0.3 is 30.2 Å². The van der Waals surface area contributed by atoms with Gasteiger partial charge >= 0.3 is 6.09 Å². The van der Waals surface area contributed by atoms with Crippen LogP contribution in [0, 0.1) is 6.92 Å². The minimum atomic E-state index is -0.992. The number of hydrogen-bond acceptors (Lipinski definition) is 6. The summed E-state index contributed by atoms with van der Waals surface area (Å²) < 4.78 is 6.33. The molecule has 30 heavy (non-hydrogen) atoms. The standard InChI is InChI=1S/C21H23N3O5S/c1-12-7-14-18(30-12)9-19(22-14)29-21(28)23-15(8-13-5-3-2-4-6-13)20(27)24-10-16(25)17(26)11-24/h2-7,9,15-17,22,25-26H,8,10-11H2,1H3,(H,23,28)/t15-,16-,17+/m0/s1. The second kappa shape index (κ2) is 8.47. The number of carbonyl (C=O) groups excluding carboxylic acids is 2. The third kappa shape index (κ3) is 4.48. The second-order valence-corrected chi connectivity index (χ2v) is 8.71. The van der Waals surface area contributed by atoms with E-state index in [0.29, 0.717) is 5.88 Å². The zero-order valence-electron chi connectivity index (χ0n) is 16.4. The van der Waals surface area contributed by atoms with Crippen LogP contribution in [0.25, 0.3) is 10.2 Å². The van der Waals surface area contributed by atoms with E-state index in [1.54, 1.807) is 17.4 Å². The molecule has 1 saturated heterocycles. The van der Waals surface area contributed by atoms with Crippen molar-refractivity contribution in [3.05, 3.63) is 52.9 Å². The van der Waals surface area contributed by atoms with Crippen LogP contribution in [0.5, 0.6) is 5.88 Å². The molecule has 4 N–H and O–H groups in total. The molecule has 0 aliphatic carbocycles. The quantitative estimate of drug-likeness (QED) is 0.494. The average molecular weight is 429 g/mol. The zero-order chi connectivity index (χ0) is 21.3. The van der Waals surface area contributed by atoms with Gasteiger partial charge in [0.1, 0.15) is 6.04 Å². The fourth-order valence-electron chi connectivity index (χ4n) is 3.57. The summed E-state index contributed by atoms with van der Waals surface area (Å²) in [7, 11) is 0. The highest BCUT2D eigenvalue weighted by molar-refractivity contribution is 7.19. The molecule has 3 heterocycles. The maximum Gasteiger partial charge on any atom is 0.414 e. The van der Waals surface area contributed by atoms with Gasteiger partial charge in [-0.25, -0.2) is 4.79 Å². The van der Waals surface area contributed by atoms with Gasteiger partial charge in [0.25, 0.3) is 0 Å². The average Bonchev–Trinajstić information content (AvgIpc) is 3.34. The van der Waals surface area contributed by atoms with E-state index in [-0.39, 0.29) is 25.4 Å². The number of β-amino-alcohol motifs (C(OH)–C–C–N with tert-alkyl or cyclic N) is 2. The Labute approximate surface area is 177 Å². The molecular weight excluding hydrogens is 406 g/mol. The minimum Gasteiger partial charge on any atom is -0.393 e. The maximum absolute atomic E-state index is 13.0. The van der Waals surface area contributed by atoms with Crippen molar-refractivity contribution in [3.63, 3.8) is 0 Å². The van der Waals surface area contributed by atoms with Crippen molar-refractivity contribution in [2.24, 2.45) is 0 Å². The molecule has 2 amide bonds. The largest absolute Gasteiger partial charge is 0.414 e. The molecule has 3 aromatic rings. The van der Waals surface area contributed by atoms with Crippen LogP contribution in [-0.2, 0) is 11.2 Å². The normalized spacial score (nSPS) is 19.8. The van der Waals surface area contributed by atoms with Crippen LogP contribution in [0.2, 0.25) is 0 Å². The molecule has 8 nitrogen and oxygen atoms in total. The van der Waals surface area contributed by atoms with Crippen molar-refractivity contribution in [2.75, 3.05) is 13.1 Å². The first-order valence-corrected chi connectivity index (χ1v) is 10.5. The molecule has 4 rings (SSSR count). The summed E-state index contributed by atoms with van der Waals surface area (Å²) in [6.07, 6.45) is -2.48. The lowest BCUT2D eigenvalue weighted by Gasteiger charge is -2.24. The van der Waals surface area contributed by atoms with Crippen molar-refractivity contribution in [1.29, 1.82) is 0 Å². The third-order valence-corrected chi connectivity index (χ3v) is 6.05. The van der Waals surface area contributed by atoms with E-state index in [1.165, 1.54) is 4.90 Å². The van der Waals surface area contributed by atoms with Crippen molar-refractivity contribution in [2.45, 2.75) is 31.6 Å². The Morgan fingerprint density at radius 1 is 1.23 bits per heavy atom. The molecule has 0 bridgehead atoms. The Morgan fingerprint density at radius 3 is 2.60 bits per heavy atom. The van der Waals surface area contributed by atoms with Crippen LogP contribution in [0.4, 0.5) is 4.79 Å². The molecule has 2 aromatic heterocycles. The third-order valence-electron chi connectivity index (χ3n) is 5.05. The van der Waals surface area contributed by atoms with Gasteiger partial charge in [0.15, 0.2) is 0 Å². The van der Waals surface area contributed by atoms with Crippen molar-refractivity contribution in [3.8, 4) is 5.88 Å². The summed E-state index contributed by atoms with van der Waals surface area (Å²) in [6.45, 7) is 2.04. The number of aromatic nitrogens is 1. The number of aliphatic hydroxyl groups excluding tert-OH is 2. The molecule has 0 radical (unpaired) electrons. The molecule has 0 saturated carbocycles. The number of ether oxygens (including phenoxy) is 1. The Morgan fingerprint density at radius 2 is 1.93 bits per heavy atom. The monoisotopic (exact) mass is 429 g/mol. The van der Waals surface area contributed by atoms with E-state index in [9.17, 15) is 19.8 Å². The van der Waals surface area contributed by atoms with Gasteiger partial charge in [-0.3, -0.25) is 4.79 Å². The van der Waals surface area contributed by atoms with Crippen LogP contribution < -0.4 is 10.1 Å². The smallest absolute Gasteiger partial charge is 0.393 e. The SMILES string of the molecule is Cc1cc2[nH]c(OC(=O)N[C@@H](Cc3ccccc3)C(=O)N3C[C@@H](O)[C@@H](O)C3)cc2s1. The van der Waals surface area contributed by atoms with Crippen LogP contribution in [0.3, 0.4) is 0 Å². The molecule has 0 unspecified atom stereocenters. The Bertz CT molecular complexity index is 1010. The topological polar surface area (TPSA) is 115 Å². The highest BCUT2D eigenvalue weighted by Gasteiger charge is 2.36. The predicted octanol–water partition coefficient (Wildman–Crippen LogP) is 1.80. The van der Waals surface area contributed by atoms with E-state index in [4.69, 9.17) is 4.74 Å². The number of aryl methyl sites for hydroxylation is 1. The Hall–Kier alpha value is -2.88. The van der Waals surface area contributed by atoms with E-state index < -0.39 is 24.3 Å². The van der Waals surface area contributed by atoms with Crippen LogP contribution in [0.15, 0.2) is 42.5 Å². The van der Waals surface area contributed by atoms with Gasteiger partial charge in [-0.05, 0) is 18.6 Å². The Kier molecular flexibility index (Phi) is 5.76. The summed E-state index contributed by atoms with van der Waals surface area (Å²) in [6, 6.07) is 12.1. The first kappa shape index (κ1) is 20.4. The number of amides is 2. The van der Waals surface area contributed by atoms with Crippen LogP contribution in [-0.4, -0.2) is 63.4 Å². The van der Waals surface area contributed by atoms with Gasteiger partial charge in [0, 0.05) is 30.5 Å². The molecular formula is C21H23N3O5S. The number of hydrogen-bond donors (Lipinski definition) is 4. The van der Waals surface area contributed by atoms with Gasteiger partial charge in [-0.15, -0.1) is 11.3 Å². The van der Waals surface area contributed by atoms with E-state index in [0.717, 1.165) is 20.7 Å². The van der Waals surface area contributed by atoms with Gasteiger partial charge in [0.2, 0.25) is 11.8 Å². The molecule has 9 heteroatoms. The van der Waals surface area contributed by atoms with E-state index >= 15 is 0 Å². The molecule has 1 fully saturated rings. The molecule has 0 spiro atoms. The van der Waals surface area contributed by atoms with Gasteiger partial charge in [-0.2, -0.15) is 0 Å². The highest BCUT2D eigenvalue weighted by Crippen LogP contribution is 2.28. The molecule has 1 aliphatic heterocycles. The lowest BCUT2D eigenvalue weighted by molar-refractivity contribution is -0.132. The number of benzene rings is 1. The minimum absolute atomic E-state index is 0.0221. The first-order valence-electron chi connectivity index (χ1n) is 9.65. The van der Waals surface area contributed by atoms with Gasteiger partial charge in [-0.1, -0.05) is 30.3 Å². The maximum atomic E-state index is 13.0. The summed E-state index contributed by atoms with van der Waals surface area (Å²) in [5.41, 5.74) is 1.75. The number of fused-ring (bicyclic) bond motifs is 1. The van der Waals surface area contributed by atoms with Crippen molar-refractivity contribution < 1.29 is 24.5 Å². The number of H-pyrrole nitrogens is 1. The number of rotatable bonds is 5. The van der Waals surface area contributed by atoms with E-state index in [1.807, 2.05) is 43.3 Å². The molecule has 1 aliphatic rings. The first-order chi connectivity index (χ1) is 14.4. The predicted molar refractivity (Wildman–Crippen MR) is 113 cm³/mol. The molecule has 158 valence electrons. The number of carbonyl (C=O) groups is 2. The van der Waals surface area contributed by atoms with Crippen molar-refractivity contribution >= 4 is 33.6 Å². The highest BCUT2D eigenvalue weighted by atomic mass is 32.1. The number of nitrogens with zero attached hydrogens (tertiary/aromatic N) is 1. The summed E-state index contributed by atoms with van der Waals surface area (Å²) in [4.78, 5) is 31.0. The number of aliphatic hydroxyl groups is 2. The fraction of sp³-hybridized carbons (Fsp3) is 0.333. The lowest BCUT2D eigenvalue weighted by atomic mass is 10.1. The van der Waals surface area contributed by atoms with Gasteiger partial charge in [0.05, 0.1) is 22.4 Å². The summed E-state index contributed by atoms with van der Waals surface area (Å²) >= 11 is 1.59. The summed E-state index contributed by atoms with van der Waals surface area (Å²) in [5.74, 6) is -0.0822. The molecule has 1 aromatic carbocycles. The Balaban J connectivity index is 1.47. The van der Waals surface area contributed by atoms with Crippen LogP contribution in [0.1, 0.15) is 10.4 Å². The number of thiophene rings is 1. The van der Waals surface area contributed by atoms with E-state index in [2.05, 4.69) is 10.3 Å². The number of nitrogens with one attached hydrogen (secondary N) is 2. The number of likely N-dealkylation sites (tertiary alicyclic amines) is 1. The van der Waals surface area contributed by atoms with Crippen LogP contribution >= 0.6 is 11.3 Å². The molecule has 3 atom stereocenters. The zero-order valence-corrected chi connectivity index (χ0v) is 17.2. The summed E-state index contributed by atoms with van der Waals surface area (Å²) in [5, 5.41) is 22.2.